The van der Waals surface area contributed by atoms with Gasteiger partial charge in [0.2, 0.25) is 5.91 Å². The van der Waals surface area contributed by atoms with Crippen molar-refractivity contribution in [2.24, 2.45) is 0 Å². The number of fused-ring (bicyclic) bond motifs is 1. The molecule has 3 rings (SSSR count). The summed E-state index contributed by atoms with van der Waals surface area (Å²) in [5.41, 5.74) is 3.06. The number of aryl methyl sites for hydroxylation is 1. The fraction of sp³-hybridized carbons (Fsp3) is 0.462. The fourth-order valence-electron chi connectivity index (χ4n) is 2.94. The third kappa shape index (κ3) is 1.34. The molecule has 1 saturated heterocycles. The molecule has 1 aliphatic heterocycles. The number of carbonyl (C=O) groups excluding carboxylic acids is 1. The number of benzene rings is 1. The smallest absolute Gasteiger partial charge is 0.244 e. The van der Waals surface area contributed by atoms with Crippen molar-refractivity contribution >= 4 is 5.91 Å². The summed E-state index contributed by atoms with van der Waals surface area (Å²) in [6, 6.07) is 6.29. The number of likely N-dealkylation sites (N-methyl/N-ethyl adjacent to an activating group) is 1. The van der Waals surface area contributed by atoms with Gasteiger partial charge in [-0.15, -0.1) is 0 Å². The first-order chi connectivity index (χ1) is 8.03. The molecular weight excluding hydrogens is 216 g/mol. The molecule has 1 aromatic rings. The lowest BCUT2D eigenvalue weighted by Gasteiger charge is -2.29. The first kappa shape index (κ1) is 10.7. The Hall–Kier alpha value is -1.39. The van der Waals surface area contributed by atoms with E-state index in [9.17, 15) is 9.90 Å². The van der Waals surface area contributed by atoms with E-state index in [-0.39, 0.29) is 5.91 Å². The van der Waals surface area contributed by atoms with Gasteiger partial charge in [0.25, 0.3) is 0 Å². The second kappa shape index (κ2) is 3.31. The van der Waals surface area contributed by atoms with E-state index < -0.39 is 11.9 Å². The van der Waals surface area contributed by atoms with Gasteiger partial charge in [-0.2, -0.15) is 0 Å². The standard InChI is InChI=1S/C13H16N2O2/c1-8-3-4-9-6-13(7-10(9)5-8)11(16)14-12(17)15(13)2/h3-5,12,17H,6-7H2,1-2H3,(H,14,16). The van der Waals surface area contributed by atoms with E-state index in [0.29, 0.717) is 12.8 Å². The predicted molar refractivity (Wildman–Crippen MR) is 63.2 cm³/mol. The van der Waals surface area contributed by atoms with Gasteiger partial charge in [-0.1, -0.05) is 23.8 Å². The third-order valence-electron chi connectivity index (χ3n) is 4.05. The normalized spacial score (nSPS) is 31.9. The molecule has 1 aliphatic carbocycles. The molecule has 2 atom stereocenters. The van der Waals surface area contributed by atoms with Crippen LogP contribution in [0.25, 0.3) is 0 Å². The van der Waals surface area contributed by atoms with E-state index in [1.54, 1.807) is 11.9 Å². The molecule has 0 bridgehead atoms. The quantitative estimate of drug-likeness (QED) is 0.670. The lowest BCUT2D eigenvalue weighted by Crippen LogP contribution is -2.49. The summed E-state index contributed by atoms with van der Waals surface area (Å²) in [6.45, 7) is 2.05. The zero-order valence-corrected chi connectivity index (χ0v) is 10.0. The number of hydrogen-bond donors (Lipinski definition) is 2. The molecule has 0 radical (unpaired) electrons. The van der Waals surface area contributed by atoms with Gasteiger partial charge in [0.15, 0.2) is 6.35 Å². The van der Waals surface area contributed by atoms with Gasteiger partial charge in [-0.25, -0.2) is 4.90 Å². The molecule has 4 nitrogen and oxygen atoms in total. The fourth-order valence-corrected chi connectivity index (χ4v) is 2.94. The molecule has 1 heterocycles. The highest BCUT2D eigenvalue weighted by Gasteiger charge is 2.53. The van der Waals surface area contributed by atoms with Crippen molar-refractivity contribution in [1.82, 2.24) is 10.2 Å². The molecular formula is C13H16N2O2. The summed E-state index contributed by atoms with van der Waals surface area (Å²) in [7, 11) is 1.79. The molecule has 1 aromatic carbocycles. The number of nitrogens with zero attached hydrogens (tertiary/aromatic N) is 1. The van der Waals surface area contributed by atoms with Crippen LogP contribution in [0.4, 0.5) is 0 Å². The highest BCUT2D eigenvalue weighted by atomic mass is 16.3. The van der Waals surface area contributed by atoms with E-state index in [1.165, 1.54) is 16.7 Å². The van der Waals surface area contributed by atoms with E-state index >= 15 is 0 Å². The summed E-state index contributed by atoms with van der Waals surface area (Å²) in [6.07, 6.45) is 0.503. The Balaban J connectivity index is 2.02. The molecule has 1 amide bonds. The highest BCUT2D eigenvalue weighted by molar-refractivity contribution is 5.90. The van der Waals surface area contributed by atoms with Crippen LogP contribution >= 0.6 is 0 Å². The number of aliphatic hydroxyl groups excluding tert-OH is 1. The van der Waals surface area contributed by atoms with E-state index in [4.69, 9.17) is 0 Å². The maximum atomic E-state index is 12.1. The summed E-state index contributed by atoms with van der Waals surface area (Å²) in [4.78, 5) is 13.8. The highest BCUT2D eigenvalue weighted by Crippen LogP contribution is 2.37. The Morgan fingerprint density at radius 2 is 2.12 bits per heavy atom. The number of amides is 1. The van der Waals surface area contributed by atoms with Crippen LogP contribution in [-0.4, -0.2) is 34.9 Å². The Morgan fingerprint density at radius 1 is 1.41 bits per heavy atom. The van der Waals surface area contributed by atoms with Crippen LogP contribution in [0.3, 0.4) is 0 Å². The van der Waals surface area contributed by atoms with Gasteiger partial charge in [0, 0.05) is 12.8 Å². The molecule has 4 heteroatoms. The zero-order valence-electron chi connectivity index (χ0n) is 10.0. The first-order valence-electron chi connectivity index (χ1n) is 5.83. The molecule has 2 unspecified atom stereocenters. The van der Waals surface area contributed by atoms with Crippen LogP contribution in [-0.2, 0) is 17.6 Å². The van der Waals surface area contributed by atoms with Crippen molar-refractivity contribution in [3.05, 3.63) is 34.9 Å². The second-order valence-electron chi connectivity index (χ2n) is 5.12. The van der Waals surface area contributed by atoms with Crippen molar-refractivity contribution in [2.45, 2.75) is 31.7 Å². The van der Waals surface area contributed by atoms with Crippen molar-refractivity contribution in [2.75, 3.05) is 7.05 Å². The van der Waals surface area contributed by atoms with E-state index in [1.807, 2.05) is 0 Å². The van der Waals surface area contributed by atoms with Crippen molar-refractivity contribution < 1.29 is 9.90 Å². The Kier molecular flexibility index (Phi) is 2.09. The summed E-state index contributed by atoms with van der Waals surface area (Å²) in [5, 5.41) is 12.3. The van der Waals surface area contributed by atoms with Gasteiger partial charge >= 0.3 is 0 Å². The van der Waals surface area contributed by atoms with Crippen LogP contribution in [0.15, 0.2) is 18.2 Å². The molecule has 2 aliphatic rings. The van der Waals surface area contributed by atoms with Crippen LogP contribution in [0.5, 0.6) is 0 Å². The average Bonchev–Trinajstić information content (AvgIpc) is 2.74. The topological polar surface area (TPSA) is 52.6 Å². The molecule has 90 valence electrons. The number of aliphatic hydroxyl groups is 1. The van der Waals surface area contributed by atoms with Crippen LogP contribution in [0, 0.1) is 6.92 Å². The van der Waals surface area contributed by atoms with Crippen molar-refractivity contribution in [3.8, 4) is 0 Å². The predicted octanol–water partition coefficient (Wildman–Crippen LogP) is 0.170. The molecule has 2 N–H and O–H groups in total. The van der Waals surface area contributed by atoms with Crippen LogP contribution < -0.4 is 5.32 Å². The molecule has 17 heavy (non-hydrogen) atoms. The minimum atomic E-state index is -0.863. The lowest BCUT2D eigenvalue weighted by molar-refractivity contribution is -0.125. The van der Waals surface area contributed by atoms with Crippen LogP contribution in [0.1, 0.15) is 16.7 Å². The summed E-state index contributed by atoms with van der Waals surface area (Å²) < 4.78 is 0. The minimum absolute atomic E-state index is 0.0682. The minimum Gasteiger partial charge on any atom is -0.361 e. The summed E-state index contributed by atoms with van der Waals surface area (Å²) >= 11 is 0. The number of hydrogen-bond acceptors (Lipinski definition) is 3. The third-order valence-corrected chi connectivity index (χ3v) is 4.05. The Morgan fingerprint density at radius 3 is 2.76 bits per heavy atom. The van der Waals surface area contributed by atoms with Gasteiger partial charge in [0.05, 0.1) is 0 Å². The molecule has 0 aromatic heterocycles. The maximum Gasteiger partial charge on any atom is 0.244 e. The Bertz CT molecular complexity index is 500. The monoisotopic (exact) mass is 232 g/mol. The average molecular weight is 232 g/mol. The number of rotatable bonds is 0. The zero-order chi connectivity index (χ0) is 12.2. The molecule has 1 fully saturated rings. The van der Waals surface area contributed by atoms with Crippen LogP contribution in [0.2, 0.25) is 0 Å². The van der Waals surface area contributed by atoms with Gasteiger partial charge in [-0.05, 0) is 25.1 Å². The van der Waals surface area contributed by atoms with Gasteiger partial charge in [-0.3, -0.25) is 4.79 Å². The van der Waals surface area contributed by atoms with Gasteiger partial charge in [0.1, 0.15) is 5.54 Å². The van der Waals surface area contributed by atoms with E-state index in [2.05, 4.69) is 30.4 Å². The van der Waals surface area contributed by atoms with Crippen molar-refractivity contribution in [3.63, 3.8) is 0 Å². The Labute approximate surface area is 100 Å². The van der Waals surface area contributed by atoms with E-state index in [0.717, 1.165) is 0 Å². The maximum absolute atomic E-state index is 12.1. The number of carbonyl (C=O) groups is 1. The first-order valence-corrected chi connectivity index (χ1v) is 5.83. The second-order valence-corrected chi connectivity index (χ2v) is 5.12. The van der Waals surface area contributed by atoms with Gasteiger partial charge < -0.3 is 10.4 Å². The molecule has 0 saturated carbocycles. The lowest BCUT2D eigenvalue weighted by atomic mass is 9.95. The summed E-state index contributed by atoms with van der Waals surface area (Å²) in [5.74, 6) is -0.0682. The SMILES string of the molecule is Cc1ccc2c(c1)CC1(C2)C(=O)NC(O)N1C. The molecule has 1 spiro atoms. The largest absolute Gasteiger partial charge is 0.361 e. The van der Waals surface area contributed by atoms with Crippen molar-refractivity contribution in [1.29, 1.82) is 0 Å². The number of nitrogens with one attached hydrogen (secondary N) is 1.